The molecule has 22 heavy (non-hydrogen) atoms. The summed E-state index contributed by atoms with van der Waals surface area (Å²) in [5, 5.41) is 3.58. The number of carbonyl (C=O) groups is 1. The highest BCUT2D eigenvalue weighted by molar-refractivity contribution is 7.20. The molecule has 0 unspecified atom stereocenters. The molecule has 1 N–H and O–H groups in total. The molecule has 0 aliphatic heterocycles. The van der Waals surface area contributed by atoms with Crippen molar-refractivity contribution >= 4 is 27.5 Å². The Balaban J connectivity index is 2.41. The molecule has 0 fully saturated rings. The molecule has 0 saturated carbocycles. The highest BCUT2D eigenvalue weighted by Crippen LogP contribution is 2.34. The van der Waals surface area contributed by atoms with Gasteiger partial charge in [0.15, 0.2) is 5.82 Å². The zero-order chi connectivity index (χ0) is 16.1. The number of amides is 1. The second-order valence-corrected chi connectivity index (χ2v) is 5.57. The normalized spacial score (nSPS) is 10.9. The topological polar surface area (TPSA) is 82.6 Å². The molecular weight excluding hydrogens is 306 g/mol. The number of hydrogen-bond donors (Lipinski definition) is 1. The van der Waals surface area contributed by atoms with E-state index < -0.39 is 0 Å². The minimum atomic E-state index is -0.145. The van der Waals surface area contributed by atoms with E-state index in [-0.39, 0.29) is 5.91 Å². The van der Waals surface area contributed by atoms with Gasteiger partial charge in [0.25, 0.3) is 5.91 Å². The van der Waals surface area contributed by atoms with E-state index in [1.165, 1.54) is 11.3 Å². The number of ether oxygens (including phenoxy) is 3. The van der Waals surface area contributed by atoms with Crippen molar-refractivity contribution in [3.63, 3.8) is 0 Å². The van der Waals surface area contributed by atoms with Gasteiger partial charge in [-0.1, -0.05) is 0 Å². The van der Waals surface area contributed by atoms with Crippen LogP contribution in [0.3, 0.4) is 0 Å². The zero-order valence-corrected chi connectivity index (χ0v) is 13.9. The van der Waals surface area contributed by atoms with Gasteiger partial charge in [-0.2, -0.15) is 4.98 Å². The van der Waals surface area contributed by atoms with E-state index in [4.69, 9.17) is 14.2 Å². The van der Waals surface area contributed by atoms with E-state index in [1.54, 1.807) is 21.3 Å². The molecule has 0 spiro atoms. The highest BCUT2D eigenvalue weighted by atomic mass is 32.1. The van der Waals surface area contributed by atoms with Crippen molar-refractivity contribution in [2.24, 2.45) is 0 Å². The van der Waals surface area contributed by atoms with Gasteiger partial charge in [-0.3, -0.25) is 4.79 Å². The van der Waals surface area contributed by atoms with Crippen LogP contribution in [-0.2, 0) is 16.1 Å². The second kappa shape index (κ2) is 7.48. The van der Waals surface area contributed by atoms with Crippen LogP contribution in [0, 0.1) is 6.92 Å². The number of rotatable bonds is 7. The molecule has 0 radical (unpaired) electrons. The maximum atomic E-state index is 12.3. The Morgan fingerprint density at radius 2 is 2.00 bits per heavy atom. The molecule has 0 aliphatic rings. The van der Waals surface area contributed by atoms with E-state index >= 15 is 0 Å². The molecule has 2 aromatic heterocycles. The predicted octanol–water partition coefficient (Wildman–Crippen LogP) is 1.53. The number of hydrogen-bond acceptors (Lipinski definition) is 7. The summed E-state index contributed by atoms with van der Waals surface area (Å²) in [7, 11) is 4.72. The summed E-state index contributed by atoms with van der Waals surface area (Å²) in [5.74, 6) is 0.842. The first-order valence-corrected chi connectivity index (χ1v) is 7.54. The minimum Gasteiger partial charge on any atom is -0.480 e. The smallest absolute Gasteiger partial charge is 0.261 e. The molecule has 2 aromatic rings. The van der Waals surface area contributed by atoms with Gasteiger partial charge in [-0.15, -0.1) is 11.3 Å². The number of nitrogens with zero attached hydrogens (tertiary/aromatic N) is 2. The molecule has 0 saturated heterocycles. The fraction of sp³-hybridized carbons (Fsp3) is 0.500. The van der Waals surface area contributed by atoms with Gasteiger partial charge < -0.3 is 19.5 Å². The van der Waals surface area contributed by atoms with Crippen molar-refractivity contribution in [1.29, 1.82) is 0 Å². The molecule has 0 atom stereocenters. The number of fused-ring (bicyclic) bond motifs is 1. The third-order valence-corrected chi connectivity index (χ3v) is 4.25. The van der Waals surface area contributed by atoms with E-state index in [9.17, 15) is 4.79 Å². The molecule has 120 valence electrons. The van der Waals surface area contributed by atoms with E-state index in [1.807, 2.05) is 6.92 Å². The standard InChI is InChI=1S/C14H19N3O4S/c1-8-10-13(21-4)16-9(7-20-3)17-14(10)22-11(8)12(18)15-5-6-19-2/h5-7H2,1-4H3,(H,15,18). The number of thiophene rings is 1. The first-order valence-electron chi connectivity index (χ1n) is 6.72. The van der Waals surface area contributed by atoms with Crippen molar-refractivity contribution in [2.45, 2.75) is 13.5 Å². The Hall–Kier alpha value is -1.77. The first-order chi connectivity index (χ1) is 10.6. The largest absolute Gasteiger partial charge is 0.480 e. The van der Waals surface area contributed by atoms with Gasteiger partial charge in [-0.25, -0.2) is 4.98 Å². The lowest BCUT2D eigenvalue weighted by molar-refractivity contribution is 0.0940. The fourth-order valence-electron chi connectivity index (χ4n) is 2.05. The summed E-state index contributed by atoms with van der Waals surface area (Å²) < 4.78 is 15.3. The molecule has 0 aromatic carbocycles. The molecule has 0 bridgehead atoms. The molecule has 2 rings (SSSR count). The van der Waals surface area contributed by atoms with Crippen LogP contribution in [0.15, 0.2) is 0 Å². The van der Waals surface area contributed by atoms with Gasteiger partial charge in [0.05, 0.1) is 24.0 Å². The van der Waals surface area contributed by atoms with Crippen molar-refractivity contribution in [3.05, 3.63) is 16.3 Å². The van der Waals surface area contributed by atoms with Gasteiger partial charge in [0.2, 0.25) is 5.88 Å². The molecule has 7 nitrogen and oxygen atoms in total. The number of aromatic nitrogens is 2. The lowest BCUT2D eigenvalue weighted by atomic mass is 10.2. The van der Waals surface area contributed by atoms with Crippen LogP contribution in [0.5, 0.6) is 5.88 Å². The van der Waals surface area contributed by atoms with Crippen LogP contribution in [0.2, 0.25) is 0 Å². The fourth-order valence-corrected chi connectivity index (χ4v) is 3.16. The average Bonchev–Trinajstić information content (AvgIpc) is 2.84. The first kappa shape index (κ1) is 16.6. The molecule has 0 aliphatic carbocycles. The Labute approximate surface area is 132 Å². The third kappa shape index (κ3) is 3.34. The van der Waals surface area contributed by atoms with Crippen molar-refractivity contribution in [2.75, 3.05) is 34.5 Å². The van der Waals surface area contributed by atoms with Gasteiger partial charge in [0, 0.05) is 20.8 Å². The summed E-state index contributed by atoms with van der Waals surface area (Å²) in [5.41, 5.74) is 0.815. The predicted molar refractivity (Wildman–Crippen MR) is 83.6 cm³/mol. The van der Waals surface area contributed by atoms with Gasteiger partial charge >= 0.3 is 0 Å². The van der Waals surface area contributed by atoms with E-state index in [2.05, 4.69) is 15.3 Å². The van der Waals surface area contributed by atoms with Crippen molar-refractivity contribution in [1.82, 2.24) is 15.3 Å². The molecule has 1 amide bonds. The van der Waals surface area contributed by atoms with Crippen LogP contribution < -0.4 is 10.1 Å². The number of nitrogens with one attached hydrogen (secondary N) is 1. The van der Waals surface area contributed by atoms with Gasteiger partial charge in [-0.05, 0) is 12.5 Å². The summed E-state index contributed by atoms with van der Waals surface area (Å²) in [6.07, 6.45) is 0. The van der Waals surface area contributed by atoms with Crippen LogP contribution in [0.1, 0.15) is 21.1 Å². The van der Waals surface area contributed by atoms with Crippen LogP contribution in [0.4, 0.5) is 0 Å². The SMILES string of the molecule is COCCNC(=O)c1sc2nc(COC)nc(OC)c2c1C. The average molecular weight is 325 g/mol. The van der Waals surface area contributed by atoms with Crippen LogP contribution in [-0.4, -0.2) is 50.4 Å². The summed E-state index contributed by atoms with van der Waals surface area (Å²) in [4.78, 5) is 22.3. The Morgan fingerprint density at radius 1 is 1.23 bits per heavy atom. The molecule has 8 heteroatoms. The van der Waals surface area contributed by atoms with Gasteiger partial charge in [0.1, 0.15) is 11.4 Å². The summed E-state index contributed by atoms with van der Waals surface area (Å²) in [6, 6.07) is 0. The molecular formula is C14H19N3O4S. The number of methoxy groups -OCH3 is 3. The Bertz CT molecular complexity index is 672. The maximum Gasteiger partial charge on any atom is 0.261 e. The Morgan fingerprint density at radius 3 is 2.64 bits per heavy atom. The monoisotopic (exact) mass is 325 g/mol. The quantitative estimate of drug-likeness (QED) is 0.778. The van der Waals surface area contributed by atoms with Crippen LogP contribution in [0.25, 0.3) is 10.2 Å². The lowest BCUT2D eigenvalue weighted by Gasteiger charge is -2.05. The Kier molecular flexibility index (Phi) is 5.64. The maximum absolute atomic E-state index is 12.3. The van der Waals surface area contributed by atoms with Crippen molar-refractivity contribution < 1.29 is 19.0 Å². The van der Waals surface area contributed by atoms with Crippen LogP contribution >= 0.6 is 11.3 Å². The summed E-state index contributed by atoms with van der Waals surface area (Å²) >= 11 is 1.32. The zero-order valence-electron chi connectivity index (χ0n) is 13.1. The summed E-state index contributed by atoms with van der Waals surface area (Å²) in [6.45, 7) is 3.09. The minimum absolute atomic E-state index is 0.145. The third-order valence-electron chi connectivity index (χ3n) is 3.07. The highest BCUT2D eigenvalue weighted by Gasteiger charge is 2.20. The second-order valence-electron chi connectivity index (χ2n) is 4.57. The number of carbonyl (C=O) groups excluding carboxylic acids is 1. The lowest BCUT2D eigenvalue weighted by Crippen LogP contribution is -2.26. The number of aryl methyl sites for hydroxylation is 1. The molecule has 2 heterocycles. The van der Waals surface area contributed by atoms with Crippen molar-refractivity contribution in [3.8, 4) is 5.88 Å². The van der Waals surface area contributed by atoms with E-state index in [0.29, 0.717) is 41.2 Å². The van der Waals surface area contributed by atoms with E-state index in [0.717, 1.165) is 10.9 Å².